The van der Waals surface area contributed by atoms with Gasteiger partial charge in [0.15, 0.2) is 0 Å². The first kappa shape index (κ1) is 22.8. The Labute approximate surface area is 200 Å². The largest absolute Gasteiger partial charge is 0.488 e. The van der Waals surface area contributed by atoms with Gasteiger partial charge in [0.25, 0.3) is 5.91 Å². The number of carbonyl (C=O) groups excluding carboxylic acids is 1. The van der Waals surface area contributed by atoms with Crippen LogP contribution in [0, 0.1) is 18.3 Å². The lowest BCUT2D eigenvalue weighted by atomic mass is 10.0. The van der Waals surface area contributed by atoms with Crippen molar-refractivity contribution in [3.05, 3.63) is 119 Å². The Bertz CT molecular complexity index is 1370. The topological polar surface area (TPSA) is 62.1 Å². The maximum absolute atomic E-state index is 13.0. The van der Waals surface area contributed by atoms with Crippen LogP contribution in [0.1, 0.15) is 35.2 Å². The van der Waals surface area contributed by atoms with Crippen LogP contribution < -0.4 is 10.1 Å². The number of aryl methyl sites for hydroxylation is 1. The van der Waals surface area contributed by atoms with Gasteiger partial charge in [0.05, 0.1) is 6.04 Å². The minimum Gasteiger partial charge on any atom is -0.488 e. The Kier molecular flexibility index (Phi) is 7.05. The zero-order chi connectivity index (χ0) is 23.9. The van der Waals surface area contributed by atoms with Gasteiger partial charge in [-0.15, -0.1) is 0 Å². The van der Waals surface area contributed by atoms with Gasteiger partial charge in [0, 0.05) is 5.56 Å². The van der Waals surface area contributed by atoms with Crippen molar-refractivity contribution >= 4 is 22.8 Å². The number of nitrogens with one attached hydrogen (secondary N) is 1. The van der Waals surface area contributed by atoms with Gasteiger partial charge >= 0.3 is 0 Å². The number of nitriles is 1. The highest BCUT2D eigenvalue weighted by atomic mass is 16.5. The summed E-state index contributed by atoms with van der Waals surface area (Å²) in [6.07, 6.45) is 1.62. The molecule has 4 heteroatoms. The average molecular weight is 447 g/mol. The molecule has 0 fully saturated rings. The minimum atomic E-state index is -0.420. The number of ether oxygens (including phenoxy) is 1. The second kappa shape index (κ2) is 10.5. The quantitative estimate of drug-likeness (QED) is 0.260. The van der Waals surface area contributed by atoms with E-state index < -0.39 is 5.91 Å². The van der Waals surface area contributed by atoms with Gasteiger partial charge in [-0.2, -0.15) is 5.26 Å². The zero-order valence-corrected chi connectivity index (χ0v) is 19.3. The van der Waals surface area contributed by atoms with E-state index in [0.29, 0.717) is 17.9 Å². The molecule has 0 aromatic heterocycles. The number of rotatable bonds is 7. The summed E-state index contributed by atoms with van der Waals surface area (Å²) in [4.78, 5) is 13.0. The summed E-state index contributed by atoms with van der Waals surface area (Å²) in [5, 5.41) is 14.7. The molecule has 0 saturated heterocycles. The van der Waals surface area contributed by atoms with Crippen molar-refractivity contribution in [2.24, 2.45) is 0 Å². The van der Waals surface area contributed by atoms with E-state index >= 15 is 0 Å². The van der Waals surface area contributed by atoms with E-state index in [4.69, 9.17) is 4.74 Å². The molecule has 0 aliphatic heterocycles. The summed E-state index contributed by atoms with van der Waals surface area (Å²) < 4.78 is 6.16. The maximum Gasteiger partial charge on any atom is 0.262 e. The molecule has 0 radical (unpaired) electrons. The fraction of sp³-hybridized carbons (Fsp3) is 0.133. The van der Waals surface area contributed by atoms with Gasteiger partial charge in [-0.25, -0.2) is 0 Å². The van der Waals surface area contributed by atoms with Crippen LogP contribution in [0.4, 0.5) is 0 Å². The number of benzene rings is 4. The molecule has 0 aliphatic carbocycles. The Hall–Kier alpha value is -4.36. The second-order valence-electron chi connectivity index (χ2n) is 8.25. The summed E-state index contributed by atoms with van der Waals surface area (Å²) in [5.41, 5.74) is 3.94. The fourth-order valence-corrected chi connectivity index (χ4v) is 3.79. The van der Waals surface area contributed by atoms with E-state index in [1.165, 1.54) is 5.56 Å². The first-order chi connectivity index (χ1) is 16.5. The molecular weight excluding hydrogens is 420 g/mol. The Morgan fingerprint density at radius 2 is 1.68 bits per heavy atom. The van der Waals surface area contributed by atoms with E-state index in [1.807, 2.05) is 105 Å². The highest BCUT2D eigenvalue weighted by Gasteiger charge is 2.16. The molecule has 4 nitrogen and oxygen atoms in total. The molecule has 4 aromatic rings. The van der Waals surface area contributed by atoms with Gasteiger partial charge in [0.1, 0.15) is 24.0 Å². The van der Waals surface area contributed by atoms with E-state index in [-0.39, 0.29) is 11.6 Å². The lowest BCUT2D eigenvalue weighted by Crippen LogP contribution is -2.27. The lowest BCUT2D eigenvalue weighted by Gasteiger charge is -2.15. The van der Waals surface area contributed by atoms with E-state index in [1.54, 1.807) is 6.08 Å². The lowest BCUT2D eigenvalue weighted by molar-refractivity contribution is -0.117. The van der Waals surface area contributed by atoms with E-state index in [9.17, 15) is 10.1 Å². The summed E-state index contributed by atoms with van der Waals surface area (Å²) in [5.74, 6) is 0.201. The van der Waals surface area contributed by atoms with Crippen molar-refractivity contribution in [1.29, 1.82) is 5.26 Å². The second-order valence-corrected chi connectivity index (χ2v) is 8.25. The monoisotopic (exact) mass is 446 g/mol. The van der Waals surface area contributed by atoms with Gasteiger partial charge in [-0.1, -0.05) is 90.5 Å². The summed E-state index contributed by atoms with van der Waals surface area (Å²) in [6.45, 7) is 4.33. The standard InChI is InChI=1S/C30H26N2O2/c1-21-12-14-23(15-13-21)20-34-29-17-16-25-10-6-7-11-27(25)28(29)18-26(19-31)30(33)32-22(2)24-8-4-3-5-9-24/h3-18,22H,20H2,1-2H3,(H,32,33)/b26-18-/t22-/m1/s1. The Morgan fingerprint density at radius 3 is 2.41 bits per heavy atom. The SMILES string of the molecule is Cc1ccc(COc2ccc3ccccc3c2/C=C(/C#N)C(=O)N[C@H](C)c2ccccc2)cc1. The van der Waals surface area contributed by atoms with Gasteiger partial charge < -0.3 is 10.1 Å². The molecule has 0 unspecified atom stereocenters. The highest BCUT2D eigenvalue weighted by Crippen LogP contribution is 2.31. The third-order valence-corrected chi connectivity index (χ3v) is 5.75. The van der Waals surface area contributed by atoms with Crippen LogP contribution in [0.5, 0.6) is 5.75 Å². The van der Waals surface area contributed by atoms with E-state index in [2.05, 4.69) is 11.4 Å². The molecule has 0 aliphatic rings. The van der Waals surface area contributed by atoms with Gasteiger partial charge in [-0.05, 0) is 47.9 Å². The summed E-state index contributed by atoms with van der Waals surface area (Å²) >= 11 is 0. The van der Waals surface area contributed by atoms with Gasteiger partial charge in [0.2, 0.25) is 0 Å². The first-order valence-electron chi connectivity index (χ1n) is 11.2. The van der Waals surface area contributed by atoms with Crippen molar-refractivity contribution in [3.63, 3.8) is 0 Å². The third kappa shape index (κ3) is 5.33. The molecule has 1 N–H and O–H groups in total. The van der Waals surface area contributed by atoms with Crippen molar-refractivity contribution < 1.29 is 9.53 Å². The zero-order valence-electron chi connectivity index (χ0n) is 19.3. The highest BCUT2D eigenvalue weighted by molar-refractivity contribution is 6.05. The minimum absolute atomic E-state index is 0.0271. The summed E-state index contributed by atoms with van der Waals surface area (Å²) in [6, 6.07) is 31.4. The van der Waals surface area contributed by atoms with Crippen LogP contribution in [-0.4, -0.2) is 5.91 Å². The van der Waals surface area contributed by atoms with Crippen LogP contribution in [0.25, 0.3) is 16.8 Å². The number of amides is 1. The number of nitrogens with zero attached hydrogens (tertiary/aromatic N) is 1. The average Bonchev–Trinajstić information content (AvgIpc) is 2.87. The summed E-state index contributed by atoms with van der Waals surface area (Å²) in [7, 11) is 0. The van der Waals surface area contributed by atoms with Crippen molar-refractivity contribution in [3.8, 4) is 11.8 Å². The number of carbonyl (C=O) groups is 1. The molecule has 1 atom stereocenters. The molecular formula is C30H26N2O2. The molecule has 0 spiro atoms. The normalized spacial score (nSPS) is 12.1. The van der Waals surface area contributed by atoms with E-state index in [0.717, 1.165) is 21.9 Å². The predicted octanol–water partition coefficient (Wildman–Crippen LogP) is 6.51. The molecule has 4 aromatic carbocycles. The number of hydrogen-bond acceptors (Lipinski definition) is 3. The van der Waals surface area contributed by atoms with Crippen molar-refractivity contribution in [1.82, 2.24) is 5.32 Å². The molecule has 0 heterocycles. The molecule has 0 bridgehead atoms. The van der Waals surface area contributed by atoms with Crippen LogP contribution >= 0.6 is 0 Å². The first-order valence-corrected chi connectivity index (χ1v) is 11.2. The molecule has 34 heavy (non-hydrogen) atoms. The van der Waals surface area contributed by atoms with Crippen LogP contribution in [-0.2, 0) is 11.4 Å². The Balaban J connectivity index is 1.66. The number of fused-ring (bicyclic) bond motifs is 1. The smallest absolute Gasteiger partial charge is 0.262 e. The van der Waals surface area contributed by atoms with Crippen LogP contribution in [0.15, 0.2) is 96.6 Å². The number of hydrogen-bond donors (Lipinski definition) is 1. The maximum atomic E-state index is 13.0. The molecule has 168 valence electrons. The van der Waals surface area contributed by atoms with Crippen LogP contribution in [0.2, 0.25) is 0 Å². The third-order valence-electron chi connectivity index (χ3n) is 5.75. The van der Waals surface area contributed by atoms with Crippen LogP contribution in [0.3, 0.4) is 0 Å². The Morgan fingerprint density at radius 1 is 0.971 bits per heavy atom. The van der Waals surface area contributed by atoms with Crippen molar-refractivity contribution in [2.45, 2.75) is 26.5 Å². The molecule has 0 saturated carbocycles. The predicted molar refractivity (Wildman–Crippen MR) is 136 cm³/mol. The molecule has 4 rings (SSSR count). The molecule has 1 amide bonds. The fourth-order valence-electron chi connectivity index (χ4n) is 3.79. The van der Waals surface area contributed by atoms with Gasteiger partial charge in [-0.3, -0.25) is 4.79 Å². The van der Waals surface area contributed by atoms with Crippen molar-refractivity contribution in [2.75, 3.05) is 0 Å².